The molecule has 0 unspecified atom stereocenters. The van der Waals surface area contributed by atoms with E-state index in [1.807, 2.05) is 12.2 Å². The first-order valence-corrected chi connectivity index (χ1v) is 11.1. The molecule has 6 nitrogen and oxygen atoms in total. The lowest BCUT2D eigenvalue weighted by Crippen LogP contribution is -2.52. The Labute approximate surface area is 198 Å². The van der Waals surface area contributed by atoms with Crippen LogP contribution in [-0.2, 0) is 9.59 Å². The van der Waals surface area contributed by atoms with Crippen molar-refractivity contribution >= 4 is 46.7 Å². The van der Waals surface area contributed by atoms with E-state index < -0.39 is 47.7 Å². The summed E-state index contributed by atoms with van der Waals surface area (Å²) in [6.45, 7) is -0.594. The monoisotopic (exact) mass is 486 g/mol. The maximum absolute atomic E-state index is 13.5. The van der Waals surface area contributed by atoms with Crippen molar-refractivity contribution < 1.29 is 23.6 Å². The lowest BCUT2D eigenvalue weighted by molar-refractivity contribution is -0.154. The van der Waals surface area contributed by atoms with Gasteiger partial charge in [-0.25, -0.2) is 9.40 Å². The van der Waals surface area contributed by atoms with Crippen LogP contribution in [0.25, 0.3) is 0 Å². The number of amides is 3. The maximum atomic E-state index is 13.5. The standard InChI is InChI=1S/C24H17Cl2FN2O4/c25-15-5-8-17(18(26)10-15)22(31)28(11-19(30)12-3-6-16(27)7-4-12)29-23(32)20-13-1-2-14(9-13)21(20)24(29)33/h1-8,10,13-14,20-21H,9,11H2/t13-,14-,20-,21-/m0/s1. The van der Waals surface area contributed by atoms with Crippen LogP contribution >= 0.6 is 23.2 Å². The molecule has 2 fully saturated rings. The Balaban J connectivity index is 1.52. The van der Waals surface area contributed by atoms with Gasteiger partial charge in [-0.2, -0.15) is 5.01 Å². The Bertz CT molecular complexity index is 1200. The van der Waals surface area contributed by atoms with Crippen molar-refractivity contribution in [3.8, 4) is 0 Å². The van der Waals surface area contributed by atoms with Gasteiger partial charge in [0.15, 0.2) is 5.78 Å². The van der Waals surface area contributed by atoms with E-state index in [1.165, 1.54) is 30.3 Å². The fourth-order valence-electron chi connectivity index (χ4n) is 5.02. The van der Waals surface area contributed by atoms with Crippen LogP contribution in [0.15, 0.2) is 54.6 Å². The second-order valence-electron chi connectivity index (χ2n) is 8.41. The van der Waals surface area contributed by atoms with Crippen molar-refractivity contribution in [3.63, 3.8) is 0 Å². The zero-order valence-electron chi connectivity index (χ0n) is 17.1. The van der Waals surface area contributed by atoms with Crippen LogP contribution in [0.4, 0.5) is 4.39 Å². The number of carbonyl (C=O) groups excluding carboxylic acids is 4. The van der Waals surface area contributed by atoms with Gasteiger partial charge in [-0.15, -0.1) is 0 Å². The third-order valence-corrected chi connectivity index (χ3v) is 7.09. The first-order chi connectivity index (χ1) is 15.8. The van der Waals surface area contributed by atoms with Crippen molar-refractivity contribution in [1.29, 1.82) is 0 Å². The van der Waals surface area contributed by atoms with Gasteiger partial charge in [0.1, 0.15) is 12.4 Å². The molecule has 0 N–H and O–H groups in total. The number of hydrogen-bond donors (Lipinski definition) is 0. The fourth-order valence-corrected chi connectivity index (χ4v) is 5.51. The number of rotatable bonds is 5. The molecule has 9 heteroatoms. The van der Waals surface area contributed by atoms with E-state index in [0.29, 0.717) is 5.02 Å². The highest BCUT2D eigenvalue weighted by atomic mass is 35.5. The number of hydrazine groups is 1. The Hall–Kier alpha value is -3.03. The topological polar surface area (TPSA) is 74.8 Å². The average molecular weight is 487 g/mol. The quantitative estimate of drug-likeness (QED) is 0.361. The van der Waals surface area contributed by atoms with Gasteiger partial charge in [-0.05, 0) is 60.7 Å². The van der Waals surface area contributed by atoms with Gasteiger partial charge in [-0.1, -0.05) is 35.4 Å². The Morgan fingerprint density at radius 3 is 2.15 bits per heavy atom. The van der Waals surface area contributed by atoms with Crippen molar-refractivity contribution in [3.05, 3.63) is 81.6 Å². The molecule has 33 heavy (non-hydrogen) atoms. The Kier molecular flexibility index (Phi) is 5.34. The molecule has 1 saturated heterocycles. The summed E-state index contributed by atoms with van der Waals surface area (Å²) in [5, 5.41) is 1.98. The number of halogens is 3. The highest BCUT2D eigenvalue weighted by Gasteiger charge is 2.61. The fraction of sp³-hybridized carbons (Fsp3) is 0.250. The zero-order chi connectivity index (χ0) is 23.4. The highest BCUT2D eigenvalue weighted by Crippen LogP contribution is 2.52. The number of hydrogen-bond acceptors (Lipinski definition) is 4. The lowest BCUT2D eigenvalue weighted by atomic mass is 9.85. The van der Waals surface area contributed by atoms with Crippen LogP contribution < -0.4 is 0 Å². The van der Waals surface area contributed by atoms with Crippen molar-refractivity contribution in [2.75, 3.05) is 6.54 Å². The lowest BCUT2D eigenvalue weighted by Gasteiger charge is -2.31. The molecule has 0 spiro atoms. The third-order valence-electron chi connectivity index (χ3n) is 6.54. The van der Waals surface area contributed by atoms with E-state index in [1.54, 1.807) is 0 Å². The molecule has 2 aromatic carbocycles. The Morgan fingerprint density at radius 2 is 1.58 bits per heavy atom. The molecule has 3 aliphatic rings. The molecule has 1 saturated carbocycles. The van der Waals surface area contributed by atoms with Gasteiger partial charge in [0.05, 0.1) is 22.4 Å². The van der Waals surface area contributed by atoms with Crippen LogP contribution in [0.1, 0.15) is 27.1 Å². The predicted octanol–water partition coefficient (Wildman–Crippen LogP) is 4.18. The molecule has 1 heterocycles. The molecule has 5 rings (SSSR count). The number of allylic oxidation sites excluding steroid dienone is 2. The van der Waals surface area contributed by atoms with Gasteiger partial charge in [0.25, 0.3) is 17.7 Å². The van der Waals surface area contributed by atoms with E-state index in [2.05, 4.69) is 0 Å². The van der Waals surface area contributed by atoms with E-state index in [-0.39, 0.29) is 28.0 Å². The normalized spacial score (nSPS) is 25.0. The summed E-state index contributed by atoms with van der Waals surface area (Å²) in [5.41, 5.74) is 0.129. The Morgan fingerprint density at radius 1 is 0.970 bits per heavy atom. The molecule has 3 amide bonds. The summed E-state index contributed by atoms with van der Waals surface area (Å²) < 4.78 is 13.3. The molecule has 168 valence electrons. The van der Waals surface area contributed by atoms with Gasteiger partial charge in [-0.3, -0.25) is 19.2 Å². The van der Waals surface area contributed by atoms with Gasteiger partial charge in [0.2, 0.25) is 0 Å². The SMILES string of the molecule is O=C(CN(C(=O)c1ccc(Cl)cc1Cl)N1C(=O)[C@@H]2[C@@H](C1=O)[C@H]1C=C[C@H]2C1)c1ccc(F)cc1. The minimum atomic E-state index is -0.783. The molecule has 2 aliphatic carbocycles. The first kappa shape index (κ1) is 21.8. The van der Waals surface area contributed by atoms with Crippen LogP contribution in [0, 0.1) is 29.5 Å². The van der Waals surface area contributed by atoms with Crippen LogP contribution in [0.5, 0.6) is 0 Å². The summed E-state index contributed by atoms with van der Waals surface area (Å²) in [6.07, 6.45) is 4.60. The molecule has 2 aromatic rings. The minimum absolute atomic E-state index is 0.00766. The molecular weight excluding hydrogens is 470 g/mol. The van der Waals surface area contributed by atoms with E-state index in [4.69, 9.17) is 23.2 Å². The van der Waals surface area contributed by atoms with Gasteiger partial charge < -0.3 is 0 Å². The van der Waals surface area contributed by atoms with Gasteiger partial charge >= 0.3 is 0 Å². The molecule has 0 aromatic heterocycles. The highest BCUT2D eigenvalue weighted by molar-refractivity contribution is 6.36. The van der Waals surface area contributed by atoms with Gasteiger partial charge in [0, 0.05) is 10.6 Å². The largest absolute Gasteiger partial charge is 0.292 e. The third kappa shape index (κ3) is 3.56. The maximum Gasteiger partial charge on any atom is 0.274 e. The van der Waals surface area contributed by atoms with Crippen molar-refractivity contribution in [1.82, 2.24) is 10.0 Å². The van der Waals surface area contributed by atoms with E-state index in [0.717, 1.165) is 28.6 Å². The van der Waals surface area contributed by atoms with Crippen molar-refractivity contribution in [2.24, 2.45) is 23.7 Å². The average Bonchev–Trinajstić information content (AvgIpc) is 3.46. The number of benzene rings is 2. The first-order valence-electron chi connectivity index (χ1n) is 10.4. The number of carbonyl (C=O) groups is 4. The molecule has 1 aliphatic heterocycles. The predicted molar refractivity (Wildman–Crippen MR) is 118 cm³/mol. The summed E-state index contributed by atoms with van der Waals surface area (Å²) in [6, 6.07) is 8.99. The second-order valence-corrected chi connectivity index (χ2v) is 9.25. The molecular formula is C24H17Cl2FN2O4. The summed E-state index contributed by atoms with van der Waals surface area (Å²) in [5.74, 6) is -4.11. The zero-order valence-corrected chi connectivity index (χ0v) is 18.6. The summed E-state index contributed by atoms with van der Waals surface area (Å²) >= 11 is 12.1. The number of imide groups is 1. The molecule has 4 atom stereocenters. The van der Waals surface area contributed by atoms with E-state index in [9.17, 15) is 23.6 Å². The van der Waals surface area contributed by atoms with E-state index >= 15 is 0 Å². The molecule has 2 bridgehead atoms. The minimum Gasteiger partial charge on any atom is -0.292 e. The van der Waals surface area contributed by atoms with Crippen LogP contribution in [0.3, 0.4) is 0 Å². The molecule has 0 radical (unpaired) electrons. The van der Waals surface area contributed by atoms with Crippen LogP contribution in [-0.4, -0.2) is 40.1 Å². The number of ketones is 1. The smallest absolute Gasteiger partial charge is 0.274 e. The van der Waals surface area contributed by atoms with Crippen LogP contribution in [0.2, 0.25) is 10.0 Å². The number of Topliss-reactive ketones (excluding diaryl/α,β-unsaturated/α-hetero) is 1. The number of fused-ring (bicyclic) bond motifs is 5. The summed E-state index contributed by atoms with van der Waals surface area (Å²) in [4.78, 5) is 53.1. The number of nitrogens with zero attached hydrogens (tertiary/aromatic N) is 2. The second kappa shape index (κ2) is 8.08. The van der Waals surface area contributed by atoms with Crippen molar-refractivity contribution in [2.45, 2.75) is 6.42 Å². The summed E-state index contributed by atoms with van der Waals surface area (Å²) in [7, 11) is 0.